The van der Waals surface area contributed by atoms with E-state index in [9.17, 15) is 4.79 Å². The third-order valence-electron chi connectivity index (χ3n) is 3.18. The van der Waals surface area contributed by atoms with Crippen LogP contribution in [0.2, 0.25) is 0 Å². The molecule has 1 amide bonds. The summed E-state index contributed by atoms with van der Waals surface area (Å²) in [6, 6.07) is 14.2. The Labute approximate surface area is 148 Å². The lowest BCUT2D eigenvalue weighted by Crippen LogP contribution is -2.10. The third kappa shape index (κ3) is 4.38. The van der Waals surface area contributed by atoms with Gasteiger partial charge in [-0.2, -0.15) is 4.80 Å². The van der Waals surface area contributed by atoms with Crippen molar-refractivity contribution >= 4 is 17.6 Å². The molecule has 0 unspecified atom stereocenters. The summed E-state index contributed by atoms with van der Waals surface area (Å²) in [4.78, 5) is 21.5. The maximum atomic E-state index is 10.7. The van der Waals surface area contributed by atoms with Gasteiger partial charge in [0.15, 0.2) is 12.3 Å². The van der Waals surface area contributed by atoms with Crippen molar-refractivity contribution in [1.82, 2.24) is 25.2 Å². The van der Waals surface area contributed by atoms with Crippen LogP contribution in [0, 0.1) is 0 Å². The number of nitrogens with zero attached hydrogens (tertiary/aromatic N) is 6. The SMILES string of the molecule is Cn1nnc(/C(=N\OCc2cccc(NC(=O)O)n2)c2ccccc2)n1. The van der Waals surface area contributed by atoms with E-state index in [4.69, 9.17) is 9.94 Å². The minimum absolute atomic E-state index is 0.0474. The van der Waals surface area contributed by atoms with Gasteiger partial charge in [0.1, 0.15) is 5.82 Å². The minimum Gasteiger partial charge on any atom is -0.465 e. The second-order valence-electron chi connectivity index (χ2n) is 5.13. The first kappa shape index (κ1) is 17.0. The molecule has 2 aromatic heterocycles. The first-order valence-corrected chi connectivity index (χ1v) is 7.57. The highest BCUT2D eigenvalue weighted by Crippen LogP contribution is 2.09. The topological polar surface area (TPSA) is 127 Å². The van der Waals surface area contributed by atoms with Gasteiger partial charge in [-0.1, -0.05) is 41.6 Å². The van der Waals surface area contributed by atoms with Gasteiger partial charge < -0.3 is 9.94 Å². The number of hydrogen-bond acceptors (Lipinski definition) is 7. The molecule has 0 aliphatic rings. The number of rotatable bonds is 6. The van der Waals surface area contributed by atoms with Crippen molar-refractivity contribution in [3.8, 4) is 0 Å². The van der Waals surface area contributed by atoms with Crippen LogP contribution in [0.15, 0.2) is 53.7 Å². The summed E-state index contributed by atoms with van der Waals surface area (Å²) in [6.07, 6.45) is -1.19. The quantitative estimate of drug-likeness (QED) is 0.509. The zero-order chi connectivity index (χ0) is 18.4. The lowest BCUT2D eigenvalue weighted by Gasteiger charge is -2.05. The van der Waals surface area contributed by atoms with E-state index in [1.54, 1.807) is 25.2 Å². The predicted octanol–water partition coefficient (Wildman–Crippen LogP) is 1.66. The Hall–Kier alpha value is -3.82. The molecule has 132 valence electrons. The standard InChI is InChI=1S/C16H15N7O3/c1-23-20-15(19-22-23)14(11-6-3-2-4-7-11)21-26-10-12-8-5-9-13(17-12)18-16(24)25/h2-9H,10H2,1H3,(H,17,18)(H,24,25)/b21-14-. The summed E-state index contributed by atoms with van der Waals surface area (Å²) in [6.45, 7) is 0.0474. The predicted molar refractivity (Wildman–Crippen MR) is 91.6 cm³/mol. The largest absolute Gasteiger partial charge is 0.465 e. The van der Waals surface area contributed by atoms with E-state index >= 15 is 0 Å². The van der Waals surface area contributed by atoms with Crippen LogP contribution < -0.4 is 5.32 Å². The van der Waals surface area contributed by atoms with Crippen LogP contribution in [-0.2, 0) is 18.5 Å². The number of amides is 1. The van der Waals surface area contributed by atoms with Crippen molar-refractivity contribution in [2.24, 2.45) is 12.2 Å². The molecule has 0 fully saturated rings. The van der Waals surface area contributed by atoms with E-state index in [0.717, 1.165) is 5.56 Å². The van der Waals surface area contributed by atoms with Crippen LogP contribution in [0.3, 0.4) is 0 Å². The lowest BCUT2D eigenvalue weighted by atomic mass is 10.1. The molecule has 0 aliphatic carbocycles. The molecule has 0 spiro atoms. The minimum atomic E-state index is -1.19. The first-order valence-electron chi connectivity index (χ1n) is 7.57. The zero-order valence-corrected chi connectivity index (χ0v) is 13.8. The summed E-state index contributed by atoms with van der Waals surface area (Å²) >= 11 is 0. The highest BCUT2D eigenvalue weighted by atomic mass is 16.6. The fourth-order valence-electron chi connectivity index (χ4n) is 2.10. The Morgan fingerprint density at radius 3 is 2.73 bits per heavy atom. The lowest BCUT2D eigenvalue weighted by molar-refractivity contribution is 0.128. The Kier molecular flexibility index (Phi) is 5.13. The number of oxime groups is 1. The molecule has 26 heavy (non-hydrogen) atoms. The van der Waals surface area contributed by atoms with Crippen LogP contribution in [0.5, 0.6) is 0 Å². The monoisotopic (exact) mass is 353 g/mol. The fourth-order valence-corrected chi connectivity index (χ4v) is 2.10. The summed E-state index contributed by atoms with van der Waals surface area (Å²) in [5.74, 6) is 0.536. The van der Waals surface area contributed by atoms with E-state index in [2.05, 4.69) is 30.9 Å². The van der Waals surface area contributed by atoms with E-state index in [0.29, 0.717) is 17.2 Å². The number of nitrogens with one attached hydrogen (secondary N) is 1. The second kappa shape index (κ2) is 7.83. The fraction of sp³-hybridized carbons (Fsp3) is 0.125. The van der Waals surface area contributed by atoms with Crippen LogP contribution >= 0.6 is 0 Å². The number of carboxylic acid groups (broad SMARTS) is 1. The summed E-state index contributed by atoms with van der Waals surface area (Å²) in [5, 5.41) is 27.0. The molecule has 2 N–H and O–H groups in total. The van der Waals surface area contributed by atoms with Gasteiger partial charge in [-0.05, 0) is 17.3 Å². The molecule has 0 aliphatic heterocycles. The Bertz CT molecular complexity index is 924. The molecule has 0 saturated heterocycles. The number of pyridine rings is 1. The average Bonchev–Trinajstić information content (AvgIpc) is 3.05. The second-order valence-corrected chi connectivity index (χ2v) is 5.13. The number of anilines is 1. The van der Waals surface area contributed by atoms with Crippen LogP contribution in [0.25, 0.3) is 0 Å². The van der Waals surface area contributed by atoms with Crippen molar-refractivity contribution < 1.29 is 14.7 Å². The summed E-state index contributed by atoms with van der Waals surface area (Å²) < 4.78 is 0. The molecular formula is C16H15N7O3. The number of aryl methyl sites for hydroxylation is 1. The normalized spacial score (nSPS) is 11.2. The van der Waals surface area contributed by atoms with Crippen molar-refractivity contribution in [3.63, 3.8) is 0 Å². The molecule has 10 nitrogen and oxygen atoms in total. The maximum absolute atomic E-state index is 10.7. The van der Waals surface area contributed by atoms with Crippen molar-refractivity contribution in [2.75, 3.05) is 5.32 Å². The molecule has 2 heterocycles. The Morgan fingerprint density at radius 2 is 2.04 bits per heavy atom. The highest BCUT2D eigenvalue weighted by Gasteiger charge is 2.13. The molecule has 0 radical (unpaired) electrons. The van der Waals surface area contributed by atoms with Crippen molar-refractivity contribution in [3.05, 3.63) is 65.6 Å². The van der Waals surface area contributed by atoms with E-state index in [1.807, 2.05) is 30.3 Å². The van der Waals surface area contributed by atoms with Gasteiger partial charge in [0, 0.05) is 5.56 Å². The first-order chi connectivity index (χ1) is 12.6. The number of aromatic nitrogens is 5. The van der Waals surface area contributed by atoms with Gasteiger partial charge in [-0.3, -0.25) is 5.32 Å². The van der Waals surface area contributed by atoms with Gasteiger partial charge in [-0.15, -0.1) is 10.2 Å². The number of hydrogen-bond donors (Lipinski definition) is 2. The summed E-state index contributed by atoms with van der Waals surface area (Å²) in [5.41, 5.74) is 1.72. The van der Waals surface area contributed by atoms with Gasteiger partial charge in [-0.25, -0.2) is 9.78 Å². The molecule has 0 atom stereocenters. The van der Waals surface area contributed by atoms with Gasteiger partial charge in [0.2, 0.25) is 5.82 Å². The number of tetrazole rings is 1. The molecule has 3 aromatic rings. The van der Waals surface area contributed by atoms with Crippen molar-refractivity contribution in [1.29, 1.82) is 0 Å². The van der Waals surface area contributed by atoms with Crippen LogP contribution in [0.1, 0.15) is 17.1 Å². The van der Waals surface area contributed by atoms with Gasteiger partial charge in [0.05, 0.1) is 12.7 Å². The smallest absolute Gasteiger partial charge is 0.410 e. The van der Waals surface area contributed by atoms with Gasteiger partial charge in [0.25, 0.3) is 0 Å². The third-order valence-corrected chi connectivity index (χ3v) is 3.18. The van der Waals surface area contributed by atoms with E-state index < -0.39 is 6.09 Å². The molecule has 0 saturated carbocycles. The highest BCUT2D eigenvalue weighted by molar-refractivity contribution is 6.10. The molecule has 10 heteroatoms. The molecular weight excluding hydrogens is 338 g/mol. The van der Waals surface area contributed by atoms with E-state index in [-0.39, 0.29) is 12.4 Å². The van der Waals surface area contributed by atoms with Crippen LogP contribution in [-0.4, -0.2) is 42.1 Å². The van der Waals surface area contributed by atoms with E-state index in [1.165, 1.54) is 4.80 Å². The Morgan fingerprint density at radius 1 is 1.23 bits per heavy atom. The van der Waals surface area contributed by atoms with Crippen molar-refractivity contribution in [2.45, 2.75) is 6.61 Å². The number of carbonyl (C=O) groups is 1. The molecule has 0 bridgehead atoms. The molecule has 1 aromatic carbocycles. The zero-order valence-electron chi connectivity index (χ0n) is 13.8. The average molecular weight is 353 g/mol. The maximum Gasteiger partial charge on any atom is 0.410 e. The van der Waals surface area contributed by atoms with Gasteiger partial charge >= 0.3 is 6.09 Å². The van der Waals surface area contributed by atoms with Crippen LogP contribution in [0.4, 0.5) is 10.6 Å². The number of benzene rings is 1. The summed E-state index contributed by atoms with van der Waals surface area (Å²) in [7, 11) is 1.66. The Balaban J connectivity index is 1.78. The molecule has 3 rings (SSSR count).